The molecule has 2 aromatic heterocycles. The number of halogens is 3. The number of alkyl halides is 3. The van der Waals surface area contributed by atoms with Crippen LogP contribution in [0.25, 0.3) is 0 Å². The van der Waals surface area contributed by atoms with Gasteiger partial charge in [0.05, 0.1) is 13.1 Å². The summed E-state index contributed by atoms with van der Waals surface area (Å²) in [4.78, 5) is 15.7. The number of hydrogen-bond donors (Lipinski definition) is 0. The summed E-state index contributed by atoms with van der Waals surface area (Å²) >= 11 is 1.54. The van der Waals surface area contributed by atoms with E-state index >= 15 is 0 Å². The summed E-state index contributed by atoms with van der Waals surface area (Å²) < 4.78 is 42.7. The average Bonchev–Trinajstić information content (AvgIpc) is 3.25. The smallest absolute Gasteiger partial charge is 0.406 e. The van der Waals surface area contributed by atoms with Gasteiger partial charge in [0.1, 0.15) is 5.75 Å². The number of hydrogen-bond acceptors (Lipinski definition) is 3. The highest BCUT2D eigenvalue weighted by atomic mass is 32.1. The van der Waals surface area contributed by atoms with Crippen molar-refractivity contribution in [3.63, 3.8) is 0 Å². The number of thiophene rings is 1. The summed E-state index contributed by atoms with van der Waals surface area (Å²) in [5.74, 6) is -0.616. The Kier molecular flexibility index (Phi) is 5.55. The molecule has 0 saturated heterocycles. The first-order valence-corrected chi connectivity index (χ1v) is 8.97. The zero-order valence-corrected chi connectivity index (χ0v) is 15.3. The molecular weight excluding hydrogens is 377 g/mol. The van der Waals surface area contributed by atoms with Gasteiger partial charge in [0.25, 0.3) is 5.91 Å². The molecule has 0 aliphatic carbocycles. The molecule has 142 valence electrons. The van der Waals surface area contributed by atoms with Crippen molar-refractivity contribution in [3.8, 4) is 5.75 Å². The minimum atomic E-state index is -4.76. The Morgan fingerprint density at radius 3 is 2.41 bits per heavy atom. The largest absolute Gasteiger partial charge is 0.573 e. The van der Waals surface area contributed by atoms with Gasteiger partial charge in [-0.1, -0.05) is 6.07 Å². The number of benzene rings is 1. The molecule has 3 rings (SSSR count). The third-order valence-electron chi connectivity index (χ3n) is 3.95. The Morgan fingerprint density at radius 1 is 1.11 bits per heavy atom. The van der Waals surface area contributed by atoms with E-state index in [1.54, 1.807) is 16.2 Å². The zero-order chi connectivity index (χ0) is 19.4. The lowest BCUT2D eigenvalue weighted by molar-refractivity contribution is -0.274. The van der Waals surface area contributed by atoms with Crippen LogP contribution in [0.5, 0.6) is 5.75 Å². The summed E-state index contributed by atoms with van der Waals surface area (Å²) in [7, 11) is 1.90. The zero-order valence-electron chi connectivity index (χ0n) is 14.4. The summed E-state index contributed by atoms with van der Waals surface area (Å²) in [6.45, 7) is 0.809. The highest BCUT2D eigenvalue weighted by Crippen LogP contribution is 2.24. The van der Waals surface area contributed by atoms with E-state index in [-0.39, 0.29) is 11.7 Å². The molecule has 4 nitrogen and oxygen atoms in total. The third-order valence-corrected chi connectivity index (χ3v) is 4.81. The van der Waals surface area contributed by atoms with Gasteiger partial charge in [-0.2, -0.15) is 0 Å². The Labute approximate surface area is 158 Å². The van der Waals surface area contributed by atoms with Crippen molar-refractivity contribution in [2.24, 2.45) is 7.05 Å². The molecule has 1 amide bonds. The lowest BCUT2D eigenvalue weighted by Gasteiger charge is -2.23. The van der Waals surface area contributed by atoms with Crippen molar-refractivity contribution in [2.75, 3.05) is 0 Å². The predicted octanol–water partition coefficient (Wildman–Crippen LogP) is 4.83. The number of ether oxygens (including phenoxy) is 1. The van der Waals surface area contributed by atoms with E-state index in [0.29, 0.717) is 18.7 Å². The number of carbonyl (C=O) groups excluding carboxylic acids is 1. The molecule has 0 spiro atoms. The van der Waals surface area contributed by atoms with Gasteiger partial charge in [-0.3, -0.25) is 4.79 Å². The number of rotatable bonds is 6. The fourth-order valence-corrected chi connectivity index (χ4v) is 3.35. The first-order chi connectivity index (χ1) is 12.8. The van der Waals surface area contributed by atoms with Crippen molar-refractivity contribution in [2.45, 2.75) is 19.5 Å². The molecule has 27 heavy (non-hydrogen) atoms. The predicted molar refractivity (Wildman–Crippen MR) is 96.4 cm³/mol. The number of carbonyl (C=O) groups is 1. The van der Waals surface area contributed by atoms with Crippen LogP contribution in [0.1, 0.15) is 20.9 Å². The lowest BCUT2D eigenvalue weighted by atomic mass is 10.2. The first-order valence-electron chi connectivity index (χ1n) is 8.09. The second-order valence-electron chi connectivity index (χ2n) is 5.92. The second-order valence-corrected chi connectivity index (χ2v) is 6.96. The quantitative estimate of drug-likeness (QED) is 0.600. The molecule has 3 aromatic rings. The van der Waals surface area contributed by atoms with Gasteiger partial charge in [0.15, 0.2) is 0 Å². The minimum absolute atomic E-state index is 0.261. The van der Waals surface area contributed by atoms with Crippen LogP contribution in [0.15, 0.2) is 60.1 Å². The van der Waals surface area contributed by atoms with Crippen molar-refractivity contribution >= 4 is 17.2 Å². The van der Waals surface area contributed by atoms with Crippen molar-refractivity contribution in [3.05, 3.63) is 76.2 Å². The van der Waals surface area contributed by atoms with Gasteiger partial charge in [0.2, 0.25) is 0 Å². The van der Waals surface area contributed by atoms with Crippen LogP contribution >= 0.6 is 11.3 Å². The molecule has 2 heterocycles. The first kappa shape index (κ1) is 19.0. The van der Waals surface area contributed by atoms with E-state index in [9.17, 15) is 18.0 Å². The van der Waals surface area contributed by atoms with Gasteiger partial charge in [0, 0.05) is 29.4 Å². The molecule has 0 radical (unpaired) electrons. The minimum Gasteiger partial charge on any atom is -0.406 e. The highest BCUT2D eigenvalue weighted by molar-refractivity contribution is 7.09. The second kappa shape index (κ2) is 7.87. The average molecular weight is 394 g/mol. The fourth-order valence-electron chi connectivity index (χ4n) is 2.63. The molecule has 1 aromatic carbocycles. The number of amides is 1. The number of nitrogens with zero attached hydrogens (tertiary/aromatic N) is 2. The van der Waals surface area contributed by atoms with E-state index in [0.717, 1.165) is 22.7 Å². The van der Waals surface area contributed by atoms with Crippen molar-refractivity contribution in [1.29, 1.82) is 0 Å². The standard InChI is InChI=1S/C19H17F3N2O2S/c1-23-10-2-4-15(23)12-24(13-17-5-3-11-27-17)18(25)14-6-8-16(9-7-14)26-19(20,21)22/h2-11H,12-13H2,1H3. The Balaban J connectivity index is 1.80. The van der Waals surface area contributed by atoms with Crippen LogP contribution < -0.4 is 4.74 Å². The monoisotopic (exact) mass is 394 g/mol. The van der Waals surface area contributed by atoms with Crippen LogP contribution in [-0.2, 0) is 20.1 Å². The Morgan fingerprint density at radius 2 is 1.85 bits per heavy atom. The maximum Gasteiger partial charge on any atom is 0.573 e. The number of aryl methyl sites for hydroxylation is 1. The van der Waals surface area contributed by atoms with Crippen LogP contribution in [0.4, 0.5) is 13.2 Å². The van der Waals surface area contributed by atoms with E-state index in [4.69, 9.17) is 0 Å². The summed E-state index contributed by atoms with van der Waals surface area (Å²) in [6, 6.07) is 12.6. The lowest BCUT2D eigenvalue weighted by Crippen LogP contribution is -2.30. The van der Waals surface area contributed by atoms with Gasteiger partial charge in [-0.25, -0.2) is 0 Å². The van der Waals surface area contributed by atoms with E-state index < -0.39 is 6.36 Å². The molecule has 0 saturated carbocycles. The topological polar surface area (TPSA) is 34.5 Å². The van der Waals surface area contributed by atoms with Crippen LogP contribution in [0.2, 0.25) is 0 Å². The molecule has 0 unspecified atom stereocenters. The number of aromatic nitrogens is 1. The Hall–Kier alpha value is -2.74. The third kappa shape index (κ3) is 5.13. The van der Waals surface area contributed by atoms with Crippen LogP contribution in [0.3, 0.4) is 0 Å². The summed E-state index contributed by atoms with van der Waals surface area (Å²) in [5.41, 5.74) is 1.26. The molecule has 0 bridgehead atoms. The van der Waals surface area contributed by atoms with E-state index in [1.165, 1.54) is 12.1 Å². The van der Waals surface area contributed by atoms with Crippen molar-refractivity contribution < 1.29 is 22.7 Å². The summed E-state index contributed by atoms with van der Waals surface area (Å²) in [5, 5.41) is 1.93. The fraction of sp³-hybridized carbons (Fsp3) is 0.211. The van der Waals surface area contributed by atoms with Crippen LogP contribution in [-0.4, -0.2) is 21.7 Å². The van der Waals surface area contributed by atoms with Crippen LogP contribution in [0, 0.1) is 0 Å². The molecular formula is C19H17F3N2O2S. The maximum atomic E-state index is 13.0. The van der Waals surface area contributed by atoms with Gasteiger partial charge in [-0.15, -0.1) is 24.5 Å². The normalized spacial score (nSPS) is 11.4. The molecule has 0 aliphatic heterocycles. The van der Waals surface area contributed by atoms with Crippen molar-refractivity contribution in [1.82, 2.24) is 9.47 Å². The molecule has 0 atom stereocenters. The Bertz CT molecular complexity index is 887. The van der Waals surface area contributed by atoms with E-state index in [2.05, 4.69) is 4.74 Å². The molecule has 0 fully saturated rings. The molecule has 0 N–H and O–H groups in total. The SMILES string of the molecule is Cn1cccc1CN(Cc1cccs1)C(=O)c1ccc(OC(F)(F)F)cc1. The van der Waals surface area contributed by atoms with Gasteiger partial charge >= 0.3 is 6.36 Å². The van der Waals surface area contributed by atoms with E-state index in [1.807, 2.05) is 47.5 Å². The maximum absolute atomic E-state index is 13.0. The van der Waals surface area contributed by atoms with Gasteiger partial charge in [-0.05, 0) is 47.8 Å². The van der Waals surface area contributed by atoms with Gasteiger partial charge < -0.3 is 14.2 Å². The molecule has 0 aliphatic rings. The summed E-state index contributed by atoms with van der Waals surface area (Å²) in [6.07, 6.45) is -2.87. The highest BCUT2D eigenvalue weighted by Gasteiger charge is 2.31. The molecule has 8 heteroatoms.